The highest BCUT2D eigenvalue weighted by Gasteiger charge is 2.14. The quantitative estimate of drug-likeness (QED) is 0.742. The van der Waals surface area contributed by atoms with E-state index in [1.807, 2.05) is 24.3 Å². The van der Waals surface area contributed by atoms with Gasteiger partial charge in [-0.05, 0) is 37.5 Å². The normalized spacial score (nSPS) is 14.4. The Labute approximate surface area is 104 Å². The Morgan fingerprint density at radius 1 is 1.24 bits per heavy atom. The topological polar surface area (TPSA) is 44.5 Å². The molecule has 0 saturated carbocycles. The number of nitrogens with two attached hydrogens (primary N) is 1. The van der Waals surface area contributed by atoms with Gasteiger partial charge in [-0.1, -0.05) is 19.1 Å². The van der Waals surface area contributed by atoms with E-state index in [9.17, 15) is 0 Å². The molecule has 3 nitrogen and oxygen atoms in total. The highest BCUT2D eigenvalue weighted by molar-refractivity contribution is 5.26. The van der Waals surface area contributed by atoms with Crippen LogP contribution in [-0.4, -0.2) is 19.3 Å². The summed E-state index contributed by atoms with van der Waals surface area (Å²) in [4.78, 5) is 0. The van der Waals surface area contributed by atoms with Crippen LogP contribution in [0.3, 0.4) is 0 Å². The summed E-state index contributed by atoms with van der Waals surface area (Å²) in [7, 11) is 1.67. The summed E-state index contributed by atoms with van der Waals surface area (Å²) < 4.78 is 10.7. The van der Waals surface area contributed by atoms with Crippen LogP contribution in [0.4, 0.5) is 0 Å². The van der Waals surface area contributed by atoms with E-state index in [0.29, 0.717) is 13.2 Å². The third-order valence-corrected chi connectivity index (χ3v) is 3.05. The summed E-state index contributed by atoms with van der Waals surface area (Å²) in [5, 5.41) is 0. The summed E-state index contributed by atoms with van der Waals surface area (Å²) in [6.07, 6.45) is 1.86. The van der Waals surface area contributed by atoms with Gasteiger partial charge in [0, 0.05) is 12.1 Å². The average molecular weight is 237 g/mol. The van der Waals surface area contributed by atoms with Crippen LogP contribution < -0.4 is 10.5 Å². The van der Waals surface area contributed by atoms with Gasteiger partial charge in [0.05, 0.1) is 13.7 Å². The molecule has 0 amide bonds. The maximum atomic E-state index is 6.04. The van der Waals surface area contributed by atoms with E-state index >= 15 is 0 Å². The number of methoxy groups -OCH3 is 1. The van der Waals surface area contributed by atoms with E-state index in [4.69, 9.17) is 15.2 Å². The molecule has 0 radical (unpaired) electrons. The Kier molecular flexibility index (Phi) is 5.45. The largest absolute Gasteiger partial charge is 0.497 e. The van der Waals surface area contributed by atoms with Crippen molar-refractivity contribution in [1.29, 1.82) is 0 Å². The van der Waals surface area contributed by atoms with Gasteiger partial charge in [-0.3, -0.25) is 0 Å². The number of benzene rings is 1. The molecule has 2 N–H and O–H groups in total. The smallest absolute Gasteiger partial charge is 0.118 e. The van der Waals surface area contributed by atoms with Crippen molar-refractivity contribution in [2.24, 2.45) is 5.73 Å². The minimum Gasteiger partial charge on any atom is -0.497 e. The van der Waals surface area contributed by atoms with E-state index in [0.717, 1.165) is 24.2 Å². The molecule has 1 unspecified atom stereocenters. The van der Waals surface area contributed by atoms with Crippen LogP contribution in [0.25, 0.3) is 0 Å². The lowest BCUT2D eigenvalue weighted by molar-refractivity contribution is 0.103. The second-order valence-corrected chi connectivity index (χ2v) is 4.66. The molecule has 0 spiro atoms. The molecular formula is C14H23NO2. The molecule has 1 rings (SSSR count). The number of hydrogen-bond acceptors (Lipinski definition) is 3. The molecule has 1 aromatic carbocycles. The first-order valence-corrected chi connectivity index (χ1v) is 6.07. The predicted molar refractivity (Wildman–Crippen MR) is 70.2 cm³/mol. The lowest BCUT2D eigenvalue weighted by atomic mass is 9.97. The van der Waals surface area contributed by atoms with Gasteiger partial charge in [0.15, 0.2) is 0 Å². The summed E-state index contributed by atoms with van der Waals surface area (Å²) in [5.41, 5.74) is 7.08. The molecule has 1 aromatic rings. The minimum absolute atomic E-state index is 0.111. The van der Waals surface area contributed by atoms with Gasteiger partial charge in [-0.25, -0.2) is 0 Å². The van der Waals surface area contributed by atoms with Crippen LogP contribution in [0.5, 0.6) is 5.75 Å². The number of hydrogen-bond donors (Lipinski definition) is 1. The summed E-state index contributed by atoms with van der Waals surface area (Å²) in [5.74, 6) is 0.870. The Bertz CT molecular complexity index is 319. The monoisotopic (exact) mass is 237 g/mol. The maximum absolute atomic E-state index is 6.04. The molecule has 0 aliphatic rings. The van der Waals surface area contributed by atoms with Crippen molar-refractivity contribution in [1.82, 2.24) is 0 Å². The van der Waals surface area contributed by atoms with Gasteiger partial charge >= 0.3 is 0 Å². The SMILES string of the molecule is CCC(C)(N)CCOCc1ccc(OC)cc1. The van der Waals surface area contributed by atoms with E-state index in [1.165, 1.54) is 0 Å². The fourth-order valence-electron chi connectivity index (χ4n) is 1.39. The zero-order chi connectivity index (χ0) is 12.7. The van der Waals surface area contributed by atoms with Gasteiger partial charge in [0.2, 0.25) is 0 Å². The summed E-state index contributed by atoms with van der Waals surface area (Å²) in [6.45, 7) is 5.49. The number of ether oxygens (including phenoxy) is 2. The van der Waals surface area contributed by atoms with Crippen LogP contribution in [0, 0.1) is 0 Å². The van der Waals surface area contributed by atoms with Crippen LogP contribution in [0.15, 0.2) is 24.3 Å². The molecule has 96 valence electrons. The van der Waals surface area contributed by atoms with Crippen molar-refractivity contribution in [2.45, 2.75) is 38.8 Å². The average Bonchev–Trinajstić information content (AvgIpc) is 2.35. The highest BCUT2D eigenvalue weighted by atomic mass is 16.5. The van der Waals surface area contributed by atoms with Gasteiger partial charge in [0.1, 0.15) is 5.75 Å². The Balaban J connectivity index is 2.26. The Hall–Kier alpha value is -1.06. The van der Waals surface area contributed by atoms with Crippen LogP contribution >= 0.6 is 0 Å². The molecule has 0 aliphatic heterocycles. The zero-order valence-corrected chi connectivity index (χ0v) is 11.0. The molecule has 0 aromatic heterocycles. The number of rotatable bonds is 7. The van der Waals surface area contributed by atoms with Gasteiger partial charge in [-0.15, -0.1) is 0 Å². The second kappa shape index (κ2) is 6.62. The minimum atomic E-state index is -0.111. The molecule has 17 heavy (non-hydrogen) atoms. The third-order valence-electron chi connectivity index (χ3n) is 3.05. The first-order valence-electron chi connectivity index (χ1n) is 6.07. The van der Waals surface area contributed by atoms with Crippen molar-refractivity contribution in [2.75, 3.05) is 13.7 Å². The lowest BCUT2D eigenvalue weighted by Gasteiger charge is -2.22. The van der Waals surface area contributed by atoms with E-state index in [-0.39, 0.29) is 5.54 Å². The molecule has 0 saturated heterocycles. The zero-order valence-electron chi connectivity index (χ0n) is 11.0. The van der Waals surface area contributed by atoms with Crippen LogP contribution in [0.1, 0.15) is 32.3 Å². The van der Waals surface area contributed by atoms with Crippen LogP contribution in [-0.2, 0) is 11.3 Å². The maximum Gasteiger partial charge on any atom is 0.118 e. The fourth-order valence-corrected chi connectivity index (χ4v) is 1.39. The van der Waals surface area contributed by atoms with Crippen molar-refractivity contribution < 1.29 is 9.47 Å². The van der Waals surface area contributed by atoms with E-state index in [2.05, 4.69) is 13.8 Å². The van der Waals surface area contributed by atoms with E-state index < -0.39 is 0 Å². The van der Waals surface area contributed by atoms with Gasteiger partial charge in [-0.2, -0.15) is 0 Å². The van der Waals surface area contributed by atoms with E-state index in [1.54, 1.807) is 7.11 Å². The Morgan fingerprint density at radius 2 is 1.88 bits per heavy atom. The van der Waals surface area contributed by atoms with Crippen molar-refractivity contribution in [3.05, 3.63) is 29.8 Å². The molecular weight excluding hydrogens is 214 g/mol. The van der Waals surface area contributed by atoms with Gasteiger partial charge < -0.3 is 15.2 Å². The fraction of sp³-hybridized carbons (Fsp3) is 0.571. The molecule has 3 heteroatoms. The molecule has 0 heterocycles. The van der Waals surface area contributed by atoms with Crippen molar-refractivity contribution in [3.8, 4) is 5.75 Å². The van der Waals surface area contributed by atoms with Gasteiger partial charge in [0.25, 0.3) is 0 Å². The van der Waals surface area contributed by atoms with Crippen molar-refractivity contribution in [3.63, 3.8) is 0 Å². The van der Waals surface area contributed by atoms with Crippen molar-refractivity contribution >= 4 is 0 Å². The summed E-state index contributed by atoms with van der Waals surface area (Å²) in [6, 6.07) is 7.91. The highest BCUT2D eigenvalue weighted by Crippen LogP contribution is 2.13. The first kappa shape index (κ1) is 14.0. The third kappa shape index (κ3) is 5.20. The molecule has 0 fully saturated rings. The Morgan fingerprint density at radius 3 is 2.41 bits per heavy atom. The molecule has 1 atom stereocenters. The van der Waals surface area contributed by atoms with Crippen LogP contribution in [0.2, 0.25) is 0 Å². The molecule has 0 bridgehead atoms. The second-order valence-electron chi connectivity index (χ2n) is 4.66. The standard InChI is InChI=1S/C14H23NO2/c1-4-14(2,15)9-10-17-11-12-5-7-13(16-3)8-6-12/h5-8H,4,9-11,15H2,1-3H3. The summed E-state index contributed by atoms with van der Waals surface area (Å²) >= 11 is 0. The predicted octanol–water partition coefficient (Wildman–Crippen LogP) is 2.73. The lowest BCUT2D eigenvalue weighted by Crippen LogP contribution is -2.36. The molecule has 0 aliphatic carbocycles. The first-order chi connectivity index (χ1) is 8.07.